The van der Waals surface area contributed by atoms with Gasteiger partial charge in [-0.1, -0.05) is 92.2 Å². The van der Waals surface area contributed by atoms with Crippen LogP contribution < -0.4 is 15.8 Å². The van der Waals surface area contributed by atoms with Crippen molar-refractivity contribution in [2.75, 3.05) is 4.90 Å². The number of carbonyl (C=O) groups excluding carboxylic acids is 3. The molecule has 4 aliphatic heterocycles. The van der Waals surface area contributed by atoms with Crippen molar-refractivity contribution in [2.24, 2.45) is 22.7 Å². The Bertz CT molecular complexity index is 3060. The molecule has 2 amide bonds. The van der Waals surface area contributed by atoms with E-state index in [2.05, 4.69) is 29.1 Å². The Morgan fingerprint density at radius 1 is 0.814 bits per heavy atom. The third kappa shape index (κ3) is 5.24. The number of rotatable bonds is 4. The van der Waals surface area contributed by atoms with Gasteiger partial charge in [0, 0.05) is 33.1 Å². The van der Waals surface area contributed by atoms with E-state index in [-0.39, 0.29) is 41.0 Å². The van der Waals surface area contributed by atoms with Crippen molar-refractivity contribution in [1.29, 1.82) is 0 Å². The van der Waals surface area contributed by atoms with E-state index in [0.29, 0.717) is 67.6 Å². The summed E-state index contributed by atoms with van der Waals surface area (Å²) in [7, 11) is 0. The summed E-state index contributed by atoms with van der Waals surface area (Å²) in [6, 6.07) is 34.5. The highest BCUT2D eigenvalue weighted by atomic mass is 35.5. The molecule has 0 saturated carbocycles. The molecule has 11 nitrogen and oxygen atoms in total. The number of amides is 2. The highest BCUT2D eigenvalue weighted by Crippen LogP contribution is 2.56. The van der Waals surface area contributed by atoms with Gasteiger partial charge in [-0.05, 0) is 73.4 Å². The van der Waals surface area contributed by atoms with E-state index >= 15 is 0 Å². The minimum Gasteiger partial charge on any atom is -0.494 e. The third-order valence-corrected chi connectivity index (χ3v) is 12.5. The van der Waals surface area contributed by atoms with E-state index in [1.807, 2.05) is 85.8 Å². The lowest BCUT2D eigenvalue weighted by Gasteiger charge is -2.32. The third-order valence-electron chi connectivity index (χ3n) is 12.1. The number of carbonyl (C=O) groups is 3. The summed E-state index contributed by atoms with van der Waals surface area (Å²) in [6.45, 7) is 6.03. The zero-order chi connectivity index (χ0) is 40.9. The van der Waals surface area contributed by atoms with Crippen LogP contribution in [0.1, 0.15) is 53.1 Å². The number of para-hydroxylation sites is 4. The molecule has 4 atom stereocenters. The average Bonchev–Trinajstić information content (AvgIpc) is 3.99. The van der Waals surface area contributed by atoms with Crippen molar-refractivity contribution < 1.29 is 19.5 Å². The zero-order valence-corrected chi connectivity index (χ0v) is 33.0. The van der Waals surface area contributed by atoms with Crippen molar-refractivity contribution in [1.82, 2.24) is 19.9 Å². The van der Waals surface area contributed by atoms with E-state index in [0.717, 1.165) is 16.5 Å². The smallest absolute Gasteiger partial charge is 0.266 e. The number of hydrogen-bond donors (Lipinski definition) is 3. The largest absolute Gasteiger partial charge is 0.494 e. The Morgan fingerprint density at radius 2 is 1.51 bits per heavy atom. The van der Waals surface area contributed by atoms with Crippen LogP contribution in [-0.4, -0.2) is 49.0 Å². The second-order valence-electron chi connectivity index (χ2n) is 15.9. The molecule has 0 aliphatic carbocycles. The number of H-pyrrole nitrogens is 1. The predicted molar refractivity (Wildman–Crippen MR) is 227 cm³/mol. The average molecular weight is 801 g/mol. The summed E-state index contributed by atoms with van der Waals surface area (Å²) in [5.41, 5.74) is 4.66. The van der Waals surface area contributed by atoms with Crippen LogP contribution in [0.2, 0.25) is 5.02 Å². The summed E-state index contributed by atoms with van der Waals surface area (Å²) < 4.78 is 1.63. The maximum Gasteiger partial charge on any atom is 0.266 e. The molecule has 1 spiro atoms. The Kier molecular flexibility index (Phi) is 8.34. The summed E-state index contributed by atoms with van der Waals surface area (Å²) in [6.07, 6.45) is 0.685. The summed E-state index contributed by atoms with van der Waals surface area (Å²) in [5.74, 6) is -1.40. The number of fused-ring (bicyclic) bond motifs is 10. The molecular weight excluding hydrogens is 764 g/mol. The number of nitrogens with one attached hydrogen (secondary N) is 2. The van der Waals surface area contributed by atoms with Crippen LogP contribution in [0.4, 0.5) is 11.4 Å². The number of imide groups is 1. The molecule has 2 saturated heterocycles. The van der Waals surface area contributed by atoms with E-state index in [1.54, 1.807) is 41.0 Å². The van der Waals surface area contributed by atoms with Crippen LogP contribution in [0.15, 0.2) is 125 Å². The first-order chi connectivity index (χ1) is 28.5. The Balaban J connectivity index is 0.000000176. The second kappa shape index (κ2) is 13.4. The number of hydrogen-bond acceptors (Lipinski definition) is 8. The first-order valence-electron chi connectivity index (χ1n) is 19.6. The molecule has 0 radical (unpaired) electrons. The van der Waals surface area contributed by atoms with Crippen molar-refractivity contribution in [3.63, 3.8) is 0 Å². The van der Waals surface area contributed by atoms with Crippen molar-refractivity contribution in [3.8, 4) is 11.6 Å². The number of nitrogens with zero attached hydrogens (tertiary/aromatic N) is 4. The van der Waals surface area contributed by atoms with Crippen molar-refractivity contribution in [3.05, 3.63) is 159 Å². The Labute approximate surface area is 343 Å². The van der Waals surface area contributed by atoms with Crippen LogP contribution in [-0.2, 0) is 15.1 Å². The standard InChI is InChI=1S/C31H27ClN4O3.C16H10N2O2/c1-16(2)15-22-25-26(29(39)35(28(25)38)23-14-8-11-20(32)17(23)3)31(34-22)19-10-5-7-13-24(19)36-27(37)18-9-4-6-12-21(18)33-30(31)36;19-15-10-6-2-4-8-12(10)17-14(15)13-9-5-1-3-7-11(9)18-16(13)20/h4-14,16,22,25-26,34H,15H2,1-3H3;1-8,18,20H/t22?,25-,26+,31?;/m0./s1. The van der Waals surface area contributed by atoms with Crippen LogP contribution in [0.3, 0.4) is 0 Å². The van der Waals surface area contributed by atoms with Crippen molar-refractivity contribution >= 4 is 68.1 Å². The fraction of sp³-hybridized carbons (Fsp3) is 0.191. The minimum absolute atomic E-state index is 0.0221. The number of Topliss-reactive ketones (excluding diaryl/α,β-unsaturated/α-hetero) is 1. The SMILES string of the molecule is Cc1c(Cl)cccc1N1C(=O)[C@H]2C(CC(C)C)NC3(c4ccccc4-n4c3nc3ccccc3c4=O)[C@H]2C1=O.O=C1C(c2c(O)[nH]c3ccccc23)=Nc2ccccc21. The van der Waals surface area contributed by atoms with Crippen LogP contribution >= 0.6 is 11.6 Å². The molecule has 2 fully saturated rings. The molecule has 11 rings (SSSR count). The monoisotopic (exact) mass is 800 g/mol. The van der Waals surface area contributed by atoms with Gasteiger partial charge >= 0.3 is 0 Å². The number of aliphatic imine (C=N–C) groups is 1. The number of anilines is 1. The van der Waals surface area contributed by atoms with Gasteiger partial charge in [-0.3, -0.25) is 29.1 Å². The highest BCUT2D eigenvalue weighted by molar-refractivity contribution is 6.56. The maximum absolute atomic E-state index is 14.5. The number of ketones is 1. The molecular formula is C47H37ClN6O5. The van der Waals surface area contributed by atoms with Gasteiger partial charge in [-0.2, -0.15) is 0 Å². The van der Waals surface area contributed by atoms with E-state index in [9.17, 15) is 24.3 Å². The molecule has 292 valence electrons. The Morgan fingerprint density at radius 3 is 2.31 bits per heavy atom. The molecule has 0 bridgehead atoms. The number of halogens is 1. The first kappa shape index (κ1) is 36.6. The van der Waals surface area contributed by atoms with Crippen LogP contribution in [0.25, 0.3) is 27.5 Å². The fourth-order valence-corrected chi connectivity index (χ4v) is 9.77. The van der Waals surface area contributed by atoms with Crippen molar-refractivity contribution in [2.45, 2.75) is 38.8 Å². The van der Waals surface area contributed by atoms with E-state index < -0.39 is 17.4 Å². The minimum atomic E-state index is -1.14. The normalized spacial score (nSPS) is 21.2. The quantitative estimate of drug-likeness (QED) is 0.153. The predicted octanol–water partition coefficient (Wildman–Crippen LogP) is 7.92. The number of aromatic hydroxyl groups is 1. The Hall–Kier alpha value is -6.69. The van der Waals surface area contributed by atoms with Gasteiger partial charge < -0.3 is 10.1 Å². The first-order valence-corrected chi connectivity index (χ1v) is 19.9. The van der Waals surface area contributed by atoms with Gasteiger partial charge in [0.1, 0.15) is 17.1 Å². The number of benzene rings is 5. The molecule has 59 heavy (non-hydrogen) atoms. The molecule has 7 aromatic rings. The van der Waals surface area contributed by atoms with E-state index in [1.165, 1.54) is 4.90 Å². The van der Waals surface area contributed by atoms with Crippen LogP contribution in [0.5, 0.6) is 5.88 Å². The van der Waals surface area contributed by atoms with Gasteiger partial charge in [0.05, 0.1) is 45.4 Å². The van der Waals surface area contributed by atoms with Crippen LogP contribution in [0, 0.1) is 24.7 Å². The summed E-state index contributed by atoms with van der Waals surface area (Å²) in [5, 5.41) is 15.6. The lowest BCUT2D eigenvalue weighted by Crippen LogP contribution is -2.50. The molecule has 2 unspecified atom stereocenters. The lowest BCUT2D eigenvalue weighted by atomic mass is 9.75. The molecule has 2 aromatic heterocycles. The molecule has 12 heteroatoms. The second-order valence-corrected chi connectivity index (χ2v) is 16.3. The molecule has 5 aromatic carbocycles. The van der Waals surface area contributed by atoms with Gasteiger partial charge in [0.25, 0.3) is 5.56 Å². The highest BCUT2D eigenvalue weighted by Gasteiger charge is 2.69. The van der Waals surface area contributed by atoms with Gasteiger partial charge in [0.15, 0.2) is 5.88 Å². The molecule has 3 N–H and O–H groups in total. The van der Waals surface area contributed by atoms with Gasteiger partial charge in [0.2, 0.25) is 17.6 Å². The summed E-state index contributed by atoms with van der Waals surface area (Å²) >= 11 is 6.42. The topological polar surface area (TPSA) is 150 Å². The number of aromatic amines is 1. The van der Waals surface area contributed by atoms with Gasteiger partial charge in [-0.25, -0.2) is 14.9 Å². The summed E-state index contributed by atoms with van der Waals surface area (Å²) in [4.78, 5) is 68.7. The number of aromatic nitrogens is 3. The zero-order valence-electron chi connectivity index (χ0n) is 32.2. The lowest BCUT2D eigenvalue weighted by molar-refractivity contribution is -0.123. The fourth-order valence-electron chi connectivity index (χ4n) is 9.60. The maximum atomic E-state index is 14.5. The van der Waals surface area contributed by atoms with E-state index in [4.69, 9.17) is 16.6 Å². The molecule has 4 aliphatic rings. The molecule has 6 heterocycles. The van der Waals surface area contributed by atoms with Gasteiger partial charge in [-0.15, -0.1) is 0 Å².